The van der Waals surface area contributed by atoms with Gasteiger partial charge in [-0.3, -0.25) is 19.4 Å². The van der Waals surface area contributed by atoms with Crippen molar-refractivity contribution in [1.29, 1.82) is 0 Å². The zero-order valence-corrected chi connectivity index (χ0v) is 22.3. The van der Waals surface area contributed by atoms with Crippen molar-refractivity contribution in [1.82, 2.24) is 18.9 Å². The summed E-state index contributed by atoms with van der Waals surface area (Å²) in [6.07, 6.45) is 4.49. The summed E-state index contributed by atoms with van der Waals surface area (Å²) in [5.41, 5.74) is 3.99. The lowest BCUT2D eigenvalue weighted by atomic mass is 9.83. The Morgan fingerprint density at radius 3 is 2.47 bits per heavy atom. The number of likely N-dealkylation sites (tertiary alicyclic amines) is 2. The van der Waals surface area contributed by atoms with Crippen molar-refractivity contribution in [3.05, 3.63) is 97.8 Å². The highest BCUT2D eigenvalue weighted by molar-refractivity contribution is 5.30. The van der Waals surface area contributed by atoms with E-state index in [4.69, 9.17) is 0 Å². The smallest absolute Gasteiger partial charge is 0.250 e. The molecule has 38 heavy (non-hydrogen) atoms. The molecular formula is C31H38N4O3. The van der Waals surface area contributed by atoms with Gasteiger partial charge in [-0.05, 0) is 62.2 Å². The molecule has 7 nitrogen and oxygen atoms in total. The van der Waals surface area contributed by atoms with Gasteiger partial charge in [0.15, 0.2) is 5.75 Å². The fourth-order valence-corrected chi connectivity index (χ4v) is 6.99. The summed E-state index contributed by atoms with van der Waals surface area (Å²) in [7, 11) is 1.98. The molecule has 1 aromatic carbocycles. The van der Waals surface area contributed by atoms with Crippen LogP contribution in [0.25, 0.3) is 0 Å². The van der Waals surface area contributed by atoms with Crippen molar-refractivity contribution < 1.29 is 5.11 Å². The van der Waals surface area contributed by atoms with Gasteiger partial charge in [0, 0.05) is 69.2 Å². The molecule has 7 heteroatoms. The Balaban J connectivity index is 1.13. The molecule has 0 radical (unpaired) electrons. The Morgan fingerprint density at radius 2 is 1.68 bits per heavy atom. The number of fused-ring (bicyclic) bond motifs is 4. The predicted molar refractivity (Wildman–Crippen MR) is 148 cm³/mol. The van der Waals surface area contributed by atoms with Crippen molar-refractivity contribution in [2.45, 2.75) is 51.2 Å². The molecule has 5 heterocycles. The highest BCUT2D eigenvalue weighted by atomic mass is 16.3. The lowest BCUT2D eigenvalue weighted by Gasteiger charge is -2.43. The van der Waals surface area contributed by atoms with Gasteiger partial charge in [0.2, 0.25) is 5.43 Å². The zero-order valence-electron chi connectivity index (χ0n) is 22.3. The minimum Gasteiger partial charge on any atom is -0.503 e. The minimum atomic E-state index is -0.291. The average molecular weight is 515 g/mol. The van der Waals surface area contributed by atoms with Crippen molar-refractivity contribution in [3.63, 3.8) is 0 Å². The van der Waals surface area contributed by atoms with Crippen LogP contribution in [0.2, 0.25) is 0 Å². The van der Waals surface area contributed by atoms with Crippen LogP contribution in [-0.4, -0.2) is 50.2 Å². The summed E-state index contributed by atoms with van der Waals surface area (Å²) < 4.78 is 3.99. The number of pyridine rings is 2. The molecule has 0 spiro atoms. The lowest BCUT2D eigenvalue weighted by molar-refractivity contribution is 0.111. The van der Waals surface area contributed by atoms with Gasteiger partial charge in [0.1, 0.15) is 0 Å². The summed E-state index contributed by atoms with van der Waals surface area (Å²) in [5, 5.41) is 10.7. The van der Waals surface area contributed by atoms with Crippen LogP contribution in [0.15, 0.2) is 64.2 Å². The fraction of sp³-hybridized carbons (Fsp3) is 0.484. The maximum Gasteiger partial charge on any atom is 0.250 e. The highest BCUT2D eigenvalue weighted by Crippen LogP contribution is 2.35. The van der Waals surface area contributed by atoms with E-state index >= 15 is 0 Å². The molecule has 0 saturated carbocycles. The maximum atomic E-state index is 12.8. The summed E-state index contributed by atoms with van der Waals surface area (Å²) in [5.74, 6) is 1.33. The topological polar surface area (TPSA) is 70.7 Å². The largest absolute Gasteiger partial charge is 0.503 e. The van der Waals surface area contributed by atoms with Crippen LogP contribution in [0.1, 0.15) is 47.8 Å². The van der Waals surface area contributed by atoms with Crippen LogP contribution >= 0.6 is 0 Å². The van der Waals surface area contributed by atoms with Crippen molar-refractivity contribution in [2.75, 3.05) is 26.2 Å². The number of nitrogens with zero attached hydrogens (tertiary/aromatic N) is 4. The van der Waals surface area contributed by atoms with Crippen molar-refractivity contribution in [3.8, 4) is 5.75 Å². The molecule has 2 atom stereocenters. The van der Waals surface area contributed by atoms with E-state index in [9.17, 15) is 14.7 Å². The number of aromatic nitrogens is 2. The predicted octanol–water partition coefficient (Wildman–Crippen LogP) is 3.33. The Kier molecular flexibility index (Phi) is 6.97. The van der Waals surface area contributed by atoms with Gasteiger partial charge in [-0.25, -0.2) is 0 Å². The Labute approximate surface area is 223 Å². The van der Waals surface area contributed by atoms with E-state index in [1.807, 2.05) is 22.2 Å². The summed E-state index contributed by atoms with van der Waals surface area (Å²) in [6, 6.07) is 17.9. The van der Waals surface area contributed by atoms with E-state index < -0.39 is 0 Å². The van der Waals surface area contributed by atoms with Gasteiger partial charge in [0.05, 0.1) is 5.69 Å². The molecule has 0 aliphatic carbocycles. The number of hydrogen-bond donors (Lipinski definition) is 1. The second-order valence-corrected chi connectivity index (χ2v) is 11.7. The van der Waals surface area contributed by atoms with E-state index in [2.05, 4.69) is 46.2 Å². The summed E-state index contributed by atoms with van der Waals surface area (Å²) in [6.45, 7) is 5.76. The molecule has 6 rings (SSSR count). The van der Waals surface area contributed by atoms with E-state index in [0.717, 1.165) is 69.8 Å². The van der Waals surface area contributed by atoms with Gasteiger partial charge >= 0.3 is 0 Å². The zero-order chi connectivity index (χ0) is 26.2. The lowest BCUT2D eigenvalue weighted by Crippen LogP contribution is -2.47. The van der Waals surface area contributed by atoms with Crippen LogP contribution in [-0.2, 0) is 33.1 Å². The molecule has 1 N–H and O–H groups in total. The summed E-state index contributed by atoms with van der Waals surface area (Å²) >= 11 is 0. The molecule has 2 fully saturated rings. The SMILES string of the molecule is Cn1c(CN2CC3CC(C2)c2cccc(=O)n2C3)cc(=O)c(O)c1CN1CCC(Cc2ccccc2)CC1. The maximum absolute atomic E-state index is 12.8. The standard InChI is InChI=1S/C31H38N4O3/c1-32-26(20-34-17-24-15-25(19-34)27-8-5-9-30(37)35(27)18-24)16-29(36)31(38)28(32)21-33-12-10-23(11-13-33)14-22-6-3-2-4-7-22/h2-9,16,23-25,38H,10-15,17-21H2,1H3. The Morgan fingerprint density at radius 1 is 0.895 bits per heavy atom. The number of hydrogen-bond acceptors (Lipinski definition) is 5. The first-order valence-corrected chi connectivity index (χ1v) is 14.0. The third kappa shape index (κ3) is 5.09. The molecule has 3 aromatic rings. The van der Waals surface area contributed by atoms with Gasteiger partial charge in [-0.2, -0.15) is 0 Å². The molecule has 3 aliphatic rings. The Hall–Kier alpha value is -3.16. The third-order valence-electron chi connectivity index (χ3n) is 9.03. The molecule has 2 saturated heterocycles. The van der Waals surface area contributed by atoms with E-state index in [-0.39, 0.29) is 16.7 Å². The number of rotatable bonds is 6. The van der Waals surface area contributed by atoms with Gasteiger partial charge in [-0.15, -0.1) is 0 Å². The first-order valence-electron chi connectivity index (χ1n) is 14.0. The molecule has 200 valence electrons. The van der Waals surface area contributed by atoms with Crippen LogP contribution in [0.5, 0.6) is 5.75 Å². The monoisotopic (exact) mass is 514 g/mol. The fourth-order valence-electron chi connectivity index (χ4n) is 6.99. The van der Waals surface area contributed by atoms with Crippen LogP contribution < -0.4 is 11.0 Å². The second kappa shape index (κ2) is 10.5. The minimum absolute atomic E-state index is 0.0975. The molecule has 2 aromatic heterocycles. The molecule has 3 aliphatic heterocycles. The Bertz CT molecular complexity index is 1400. The third-order valence-corrected chi connectivity index (χ3v) is 9.03. The first kappa shape index (κ1) is 25.1. The molecule has 0 amide bonds. The van der Waals surface area contributed by atoms with Crippen molar-refractivity contribution >= 4 is 0 Å². The molecule has 2 bridgehead atoms. The van der Waals surface area contributed by atoms with Crippen LogP contribution in [0, 0.1) is 11.8 Å². The van der Waals surface area contributed by atoms with Gasteiger partial charge < -0.3 is 14.2 Å². The number of piperidine rings is 2. The number of benzene rings is 1. The van der Waals surface area contributed by atoms with Crippen molar-refractivity contribution in [2.24, 2.45) is 18.9 Å². The molecule has 2 unspecified atom stereocenters. The van der Waals surface area contributed by atoms with Gasteiger partial charge in [0.25, 0.3) is 5.56 Å². The molecular weight excluding hydrogens is 476 g/mol. The highest BCUT2D eigenvalue weighted by Gasteiger charge is 2.34. The van der Waals surface area contributed by atoms with Crippen LogP contribution in [0.4, 0.5) is 0 Å². The quantitative estimate of drug-likeness (QED) is 0.547. The first-order chi connectivity index (χ1) is 18.4. The normalized spacial score (nSPS) is 22.3. The van der Waals surface area contributed by atoms with E-state index in [1.165, 1.54) is 5.56 Å². The summed E-state index contributed by atoms with van der Waals surface area (Å²) in [4.78, 5) is 30.0. The van der Waals surface area contributed by atoms with E-state index in [1.54, 1.807) is 12.1 Å². The average Bonchev–Trinajstić information content (AvgIpc) is 2.92. The van der Waals surface area contributed by atoms with Crippen LogP contribution in [0.3, 0.4) is 0 Å². The second-order valence-electron chi connectivity index (χ2n) is 11.7. The van der Waals surface area contributed by atoms with Gasteiger partial charge in [-0.1, -0.05) is 36.4 Å². The van der Waals surface area contributed by atoms with E-state index in [0.29, 0.717) is 36.5 Å². The number of aromatic hydroxyl groups is 1.